The summed E-state index contributed by atoms with van der Waals surface area (Å²) in [6, 6.07) is 0. The molecule has 1 rings (SSSR count). The average molecular weight is 138 g/mol. The molecule has 0 spiro atoms. The molecule has 0 aromatic carbocycles. The van der Waals surface area contributed by atoms with Gasteiger partial charge in [-0.2, -0.15) is 0 Å². The van der Waals surface area contributed by atoms with E-state index < -0.39 is 0 Å². The smallest absolute Gasteiger partial charge is 0.0200 e. The quantitative estimate of drug-likeness (QED) is 0.451. The van der Waals surface area contributed by atoms with Gasteiger partial charge in [0, 0.05) is 5.92 Å². The molecule has 1 aliphatic rings. The van der Waals surface area contributed by atoms with Gasteiger partial charge in [0.15, 0.2) is 0 Å². The van der Waals surface area contributed by atoms with E-state index in [4.69, 9.17) is 6.42 Å². The van der Waals surface area contributed by atoms with E-state index in [-0.39, 0.29) is 0 Å². The molecule has 0 amide bonds. The van der Waals surface area contributed by atoms with Crippen LogP contribution in [0.15, 0.2) is 0 Å². The first-order valence-corrected chi connectivity index (χ1v) is 4.39. The summed E-state index contributed by atoms with van der Waals surface area (Å²) < 4.78 is 0. The first-order chi connectivity index (χ1) is 4.93. The van der Waals surface area contributed by atoms with Gasteiger partial charge >= 0.3 is 0 Å². The van der Waals surface area contributed by atoms with E-state index in [2.05, 4.69) is 5.92 Å². The monoisotopic (exact) mass is 138 g/mol. The highest BCUT2D eigenvalue weighted by atomic mass is 14.1. The maximum absolute atomic E-state index is 5.25. The maximum atomic E-state index is 5.25. The lowest BCUT2D eigenvalue weighted by Crippen LogP contribution is -2.02. The van der Waals surface area contributed by atoms with Crippen molar-refractivity contribution in [3.63, 3.8) is 0 Å². The Bertz CT molecular complexity index is 91.1. The fraction of sp³-hybridized carbons (Fsp3) is 0.800. The minimum absolute atomic E-state index is 0.615. The van der Waals surface area contributed by atoms with Gasteiger partial charge in [-0.3, -0.25) is 0 Å². The topological polar surface area (TPSA) is 0 Å². The van der Waals surface area contributed by atoms with Gasteiger partial charge < -0.3 is 0 Å². The van der Waals surface area contributed by atoms with Crippen LogP contribution in [0.4, 0.5) is 0 Å². The fourth-order valence-electron chi connectivity index (χ4n) is 1.27. The second kappa shape index (κ2) is 6.68. The van der Waals surface area contributed by atoms with E-state index >= 15 is 0 Å². The molecule has 0 nitrogen and oxygen atoms in total. The summed E-state index contributed by atoms with van der Waals surface area (Å²) in [4.78, 5) is 0. The molecular formula is C10H18. The van der Waals surface area contributed by atoms with Crippen LogP contribution in [0.2, 0.25) is 0 Å². The normalized spacial score (nSPS) is 18.5. The lowest BCUT2D eigenvalue weighted by atomic mass is 9.90. The van der Waals surface area contributed by atoms with Crippen LogP contribution in [0, 0.1) is 18.3 Å². The molecular weight excluding hydrogens is 120 g/mol. The second-order valence-corrected chi connectivity index (χ2v) is 2.50. The highest BCUT2D eigenvalue weighted by Crippen LogP contribution is 2.22. The first-order valence-electron chi connectivity index (χ1n) is 4.39. The van der Waals surface area contributed by atoms with Gasteiger partial charge in [0.05, 0.1) is 0 Å². The molecule has 0 N–H and O–H groups in total. The molecule has 0 unspecified atom stereocenters. The van der Waals surface area contributed by atoms with Crippen molar-refractivity contribution in [1.82, 2.24) is 0 Å². The summed E-state index contributed by atoms with van der Waals surface area (Å²) in [6.45, 7) is 4.00. The molecule has 0 aromatic heterocycles. The predicted octanol–water partition coefficient (Wildman–Crippen LogP) is 3.23. The standard InChI is InChI=1S/C8H12.C2H6/c1-2-8-6-4-3-5-7-8;1-2/h1,8H,3-7H2;1-2H3. The van der Waals surface area contributed by atoms with Gasteiger partial charge in [-0.15, -0.1) is 12.3 Å². The minimum Gasteiger partial charge on any atom is -0.120 e. The Morgan fingerprint density at radius 2 is 1.60 bits per heavy atom. The average Bonchev–Trinajstić information content (AvgIpc) is 2.10. The van der Waals surface area contributed by atoms with Crippen molar-refractivity contribution in [3.8, 4) is 12.3 Å². The van der Waals surface area contributed by atoms with E-state index in [9.17, 15) is 0 Å². The zero-order chi connectivity index (χ0) is 7.82. The highest BCUT2D eigenvalue weighted by molar-refractivity contribution is 4.93. The fourth-order valence-corrected chi connectivity index (χ4v) is 1.27. The number of hydrogen-bond acceptors (Lipinski definition) is 0. The third-order valence-electron chi connectivity index (χ3n) is 1.84. The van der Waals surface area contributed by atoms with Crippen LogP contribution in [-0.2, 0) is 0 Å². The zero-order valence-corrected chi connectivity index (χ0v) is 7.19. The van der Waals surface area contributed by atoms with Gasteiger partial charge in [0.2, 0.25) is 0 Å². The van der Waals surface area contributed by atoms with Crippen LogP contribution in [0.5, 0.6) is 0 Å². The summed E-state index contributed by atoms with van der Waals surface area (Å²) >= 11 is 0. The van der Waals surface area contributed by atoms with Crippen molar-refractivity contribution >= 4 is 0 Å². The largest absolute Gasteiger partial charge is 0.120 e. The molecule has 0 bridgehead atoms. The molecule has 0 radical (unpaired) electrons. The maximum Gasteiger partial charge on any atom is 0.0200 e. The van der Waals surface area contributed by atoms with E-state index in [1.807, 2.05) is 13.8 Å². The molecule has 1 fully saturated rings. The summed E-state index contributed by atoms with van der Waals surface area (Å²) in [6.07, 6.45) is 11.9. The van der Waals surface area contributed by atoms with E-state index in [0.29, 0.717) is 5.92 Å². The lowest BCUT2D eigenvalue weighted by Gasteiger charge is -2.14. The third kappa shape index (κ3) is 3.56. The first kappa shape index (κ1) is 9.56. The highest BCUT2D eigenvalue weighted by Gasteiger charge is 2.08. The van der Waals surface area contributed by atoms with Crippen molar-refractivity contribution in [1.29, 1.82) is 0 Å². The van der Waals surface area contributed by atoms with Crippen LogP contribution in [0.1, 0.15) is 46.0 Å². The number of hydrogen-bond donors (Lipinski definition) is 0. The van der Waals surface area contributed by atoms with Gasteiger partial charge in [-0.25, -0.2) is 0 Å². The van der Waals surface area contributed by atoms with Crippen molar-refractivity contribution in [2.45, 2.75) is 46.0 Å². The predicted molar refractivity (Wildman–Crippen MR) is 46.8 cm³/mol. The van der Waals surface area contributed by atoms with Crippen LogP contribution >= 0.6 is 0 Å². The van der Waals surface area contributed by atoms with Crippen molar-refractivity contribution in [2.24, 2.45) is 5.92 Å². The second-order valence-electron chi connectivity index (χ2n) is 2.50. The van der Waals surface area contributed by atoms with Crippen LogP contribution in [0.3, 0.4) is 0 Å². The van der Waals surface area contributed by atoms with Gasteiger partial charge in [-0.05, 0) is 12.8 Å². The third-order valence-corrected chi connectivity index (χ3v) is 1.84. The minimum atomic E-state index is 0.615. The Balaban J connectivity index is 0.000000371. The SMILES string of the molecule is C#CC1CCCCC1.CC. The van der Waals surface area contributed by atoms with E-state index in [1.54, 1.807) is 0 Å². The lowest BCUT2D eigenvalue weighted by molar-refractivity contribution is 0.430. The summed E-state index contributed by atoms with van der Waals surface area (Å²) in [5, 5.41) is 0. The van der Waals surface area contributed by atoms with Crippen LogP contribution < -0.4 is 0 Å². The number of terminal acetylenes is 1. The molecule has 1 saturated carbocycles. The molecule has 0 aromatic rings. The van der Waals surface area contributed by atoms with Crippen LogP contribution in [0.25, 0.3) is 0 Å². The van der Waals surface area contributed by atoms with Crippen LogP contribution in [-0.4, -0.2) is 0 Å². The summed E-state index contributed by atoms with van der Waals surface area (Å²) in [5.41, 5.74) is 0. The van der Waals surface area contributed by atoms with Crippen molar-refractivity contribution in [3.05, 3.63) is 0 Å². The molecule has 0 aliphatic heterocycles. The Kier molecular flexibility index (Phi) is 6.38. The molecule has 10 heavy (non-hydrogen) atoms. The van der Waals surface area contributed by atoms with Gasteiger partial charge in [0.1, 0.15) is 0 Å². The number of rotatable bonds is 0. The molecule has 0 heterocycles. The molecule has 58 valence electrons. The van der Waals surface area contributed by atoms with E-state index in [1.165, 1.54) is 32.1 Å². The Labute approximate surface area is 65.0 Å². The van der Waals surface area contributed by atoms with E-state index in [0.717, 1.165) is 0 Å². The van der Waals surface area contributed by atoms with Gasteiger partial charge in [-0.1, -0.05) is 33.1 Å². The molecule has 0 saturated heterocycles. The summed E-state index contributed by atoms with van der Waals surface area (Å²) in [7, 11) is 0. The van der Waals surface area contributed by atoms with Gasteiger partial charge in [0.25, 0.3) is 0 Å². The Morgan fingerprint density at radius 3 is 1.90 bits per heavy atom. The Morgan fingerprint density at radius 1 is 1.10 bits per heavy atom. The molecule has 0 atom stereocenters. The molecule has 0 heteroatoms. The van der Waals surface area contributed by atoms with Crippen molar-refractivity contribution < 1.29 is 0 Å². The zero-order valence-electron chi connectivity index (χ0n) is 7.19. The van der Waals surface area contributed by atoms with Crippen molar-refractivity contribution in [2.75, 3.05) is 0 Å². The Hall–Kier alpha value is -0.440. The molecule has 1 aliphatic carbocycles. The summed E-state index contributed by atoms with van der Waals surface area (Å²) in [5.74, 6) is 3.42.